The van der Waals surface area contributed by atoms with Gasteiger partial charge in [-0.1, -0.05) is 0 Å². The zero-order valence-electron chi connectivity index (χ0n) is 11.1. The van der Waals surface area contributed by atoms with Crippen LogP contribution in [-0.2, 0) is 9.84 Å². The van der Waals surface area contributed by atoms with E-state index >= 15 is 0 Å². The van der Waals surface area contributed by atoms with Crippen LogP contribution in [0.25, 0.3) is 0 Å². The van der Waals surface area contributed by atoms with E-state index in [0.29, 0.717) is 10.6 Å². The average molecular weight is 313 g/mol. The van der Waals surface area contributed by atoms with Crippen molar-refractivity contribution in [3.8, 4) is 0 Å². The number of fused-ring (bicyclic) bond motifs is 1. The van der Waals surface area contributed by atoms with Gasteiger partial charge in [0.25, 0.3) is 5.91 Å². The number of nitrogens with zero attached hydrogens (tertiary/aromatic N) is 1. The smallest absolute Gasteiger partial charge is 0.280 e. The molecule has 0 bridgehead atoms. The molecular weight excluding hydrogens is 298 g/mol. The Morgan fingerprint density at radius 3 is 2.60 bits per heavy atom. The number of rotatable bonds is 1. The second-order valence-corrected chi connectivity index (χ2v) is 8.62. The summed E-state index contributed by atoms with van der Waals surface area (Å²) in [4.78, 5) is 16.0. The van der Waals surface area contributed by atoms with Crippen LogP contribution in [0.1, 0.15) is 24.2 Å². The lowest BCUT2D eigenvalue weighted by Crippen LogP contribution is -2.37. The molecule has 108 valence electrons. The Morgan fingerprint density at radius 1 is 1.35 bits per heavy atom. The number of thioether (sulfide) groups is 1. The SMILES string of the molecule is CC1(C)CSc2ccc(C(=O)N=C(N)N)cc2S1(=O)=O. The number of carbonyl (C=O) groups is 1. The van der Waals surface area contributed by atoms with Gasteiger partial charge >= 0.3 is 0 Å². The maximum absolute atomic E-state index is 12.5. The predicted molar refractivity (Wildman–Crippen MR) is 78.6 cm³/mol. The van der Waals surface area contributed by atoms with Crippen LogP contribution in [-0.4, -0.2) is 30.8 Å². The topological polar surface area (TPSA) is 116 Å². The first-order valence-electron chi connectivity index (χ1n) is 5.80. The molecule has 20 heavy (non-hydrogen) atoms. The molecule has 0 fully saturated rings. The molecule has 0 aromatic heterocycles. The third-order valence-electron chi connectivity index (χ3n) is 3.01. The van der Waals surface area contributed by atoms with E-state index in [0.717, 1.165) is 0 Å². The van der Waals surface area contributed by atoms with Crippen LogP contribution in [0.4, 0.5) is 0 Å². The monoisotopic (exact) mass is 313 g/mol. The van der Waals surface area contributed by atoms with E-state index in [4.69, 9.17) is 11.5 Å². The van der Waals surface area contributed by atoms with E-state index in [2.05, 4.69) is 4.99 Å². The molecule has 4 N–H and O–H groups in total. The Bertz CT molecular complexity index is 705. The minimum absolute atomic E-state index is 0.152. The zero-order chi connectivity index (χ0) is 15.1. The summed E-state index contributed by atoms with van der Waals surface area (Å²) in [6.07, 6.45) is 0. The van der Waals surface area contributed by atoms with Gasteiger partial charge in [-0.15, -0.1) is 11.8 Å². The second kappa shape index (κ2) is 4.78. The third kappa shape index (κ3) is 2.40. The molecule has 1 aliphatic heterocycles. The molecule has 6 nitrogen and oxygen atoms in total. The zero-order valence-corrected chi connectivity index (χ0v) is 12.7. The van der Waals surface area contributed by atoms with Gasteiger partial charge in [0, 0.05) is 16.2 Å². The van der Waals surface area contributed by atoms with Gasteiger partial charge < -0.3 is 11.5 Å². The van der Waals surface area contributed by atoms with Crippen LogP contribution in [0, 0.1) is 0 Å². The van der Waals surface area contributed by atoms with Crippen molar-refractivity contribution in [3.05, 3.63) is 23.8 Å². The van der Waals surface area contributed by atoms with Gasteiger partial charge in [0.1, 0.15) is 0 Å². The maximum Gasteiger partial charge on any atom is 0.280 e. The number of hydrogen-bond acceptors (Lipinski definition) is 4. The predicted octanol–water partition coefficient (Wildman–Crippen LogP) is 0.758. The molecule has 1 aromatic carbocycles. The van der Waals surface area contributed by atoms with E-state index in [9.17, 15) is 13.2 Å². The molecule has 1 amide bonds. The second-order valence-electron chi connectivity index (χ2n) is 5.06. The fourth-order valence-electron chi connectivity index (χ4n) is 1.78. The van der Waals surface area contributed by atoms with Gasteiger partial charge in [-0.2, -0.15) is 4.99 Å². The molecule has 1 heterocycles. The van der Waals surface area contributed by atoms with Gasteiger partial charge in [0.15, 0.2) is 15.8 Å². The molecule has 0 saturated heterocycles. The molecular formula is C12H15N3O3S2. The van der Waals surface area contributed by atoms with Crippen molar-refractivity contribution in [1.82, 2.24) is 0 Å². The first-order valence-corrected chi connectivity index (χ1v) is 8.27. The largest absolute Gasteiger partial charge is 0.370 e. The van der Waals surface area contributed by atoms with Gasteiger partial charge in [0.05, 0.1) is 9.64 Å². The summed E-state index contributed by atoms with van der Waals surface area (Å²) in [6.45, 7) is 3.34. The molecule has 0 saturated carbocycles. The van der Waals surface area contributed by atoms with Crippen LogP contribution in [0.2, 0.25) is 0 Å². The lowest BCUT2D eigenvalue weighted by atomic mass is 10.2. The molecule has 2 rings (SSSR count). The van der Waals surface area contributed by atoms with Crippen LogP contribution < -0.4 is 11.5 Å². The summed E-state index contributed by atoms with van der Waals surface area (Å²) in [5.41, 5.74) is 10.5. The summed E-state index contributed by atoms with van der Waals surface area (Å²) >= 11 is 1.46. The van der Waals surface area contributed by atoms with E-state index in [1.54, 1.807) is 19.9 Å². The summed E-state index contributed by atoms with van der Waals surface area (Å²) in [5.74, 6) is -0.537. The lowest BCUT2D eigenvalue weighted by molar-refractivity contribution is 0.100. The highest BCUT2D eigenvalue weighted by Crippen LogP contribution is 2.42. The normalized spacial score (nSPS) is 18.9. The molecule has 0 radical (unpaired) electrons. The van der Waals surface area contributed by atoms with Crippen molar-refractivity contribution in [1.29, 1.82) is 0 Å². The van der Waals surface area contributed by atoms with Crippen molar-refractivity contribution in [2.24, 2.45) is 16.5 Å². The molecule has 0 atom stereocenters. The van der Waals surface area contributed by atoms with E-state index in [-0.39, 0.29) is 16.4 Å². The van der Waals surface area contributed by atoms with Crippen LogP contribution in [0.3, 0.4) is 0 Å². The van der Waals surface area contributed by atoms with Gasteiger partial charge in [-0.3, -0.25) is 4.79 Å². The van der Waals surface area contributed by atoms with Crippen LogP contribution in [0.5, 0.6) is 0 Å². The Hall–Kier alpha value is -1.54. The third-order valence-corrected chi connectivity index (χ3v) is 7.37. The fourth-order valence-corrected chi connectivity index (χ4v) is 5.16. The average Bonchev–Trinajstić information content (AvgIpc) is 2.33. The molecule has 8 heteroatoms. The Morgan fingerprint density at radius 2 is 2.00 bits per heavy atom. The van der Waals surface area contributed by atoms with Gasteiger partial charge in [-0.25, -0.2) is 8.42 Å². The van der Waals surface area contributed by atoms with Crippen molar-refractivity contribution in [2.45, 2.75) is 28.4 Å². The molecule has 0 aliphatic carbocycles. The van der Waals surface area contributed by atoms with Crippen LogP contribution >= 0.6 is 11.8 Å². The standard InChI is InChI=1S/C12H15N3O3S2/c1-12(2)6-19-8-4-3-7(10(16)15-11(13)14)5-9(8)20(12,17)18/h3-5H,6H2,1-2H3,(H4,13,14,15,16). The highest BCUT2D eigenvalue weighted by atomic mass is 32.2. The number of nitrogens with two attached hydrogens (primary N) is 2. The van der Waals surface area contributed by atoms with Crippen molar-refractivity contribution < 1.29 is 13.2 Å². The van der Waals surface area contributed by atoms with E-state index in [1.165, 1.54) is 23.9 Å². The Labute approximate surface area is 121 Å². The summed E-state index contributed by atoms with van der Waals surface area (Å²) in [7, 11) is -3.49. The molecule has 1 aliphatic rings. The summed E-state index contributed by atoms with van der Waals surface area (Å²) < 4.78 is 24.2. The number of guanidine groups is 1. The molecule has 1 aromatic rings. The quantitative estimate of drug-likeness (QED) is 0.584. The Kier molecular flexibility index (Phi) is 3.55. The molecule has 0 spiro atoms. The summed E-state index contributed by atoms with van der Waals surface area (Å²) in [6, 6.07) is 4.48. The number of carbonyl (C=O) groups excluding carboxylic acids is 1. The van der Waals surface area contributed by atoms with Crippen molar-refractivity contribution >= 4 is 33.5 Å². The van der Waals surface area contributed by atoms with Gasteiger partial charge in [0.2, 0.25) is 0 Å². The maximum atomic E-state index is 12.5. The van der Waals surface area contributed by atoms with Crippen molar-refractivity contribution in [2.75, 3.05) is 5.75 Å². The molecule has 0 unspecified atom stereocenters. The number of aliphatic imine (C=N–C) groups is 1. The van der Waals surface area contributed by atoms with Crippen molar-refractivity contribution in [3.63, 3.8) is 0 Å². The van der Waals surface area contributed by atoms with Crippen LogP contribution in [0.15, 0.2) is 33.0 Å². The minimum atomic E-state index is -3.49. The highest BCUT2D eigenvalue weighted by Gasteiger charge is 2.41. The van der Waals surface area contributed by atoms with E-state index < -0.39 is 20.5 Å². The number of amides is 1. The fraction of sp³-hybridized carbons (Fsp3) is 0.333. The number of sulfone groups is 1. The summed E-state index contributed by atoms with van der Waals surface area (Å²) in [5, 5.41) is 0. The highest BCUT2D eigenvalue weighted by molar-refractivity contribution is 8.03. The Balaban J connectivity index is 2.57. The first-order chi connectivity index (χ1) is 9.15. The number of benzene rings is 1. The van der Waals surface area contributed by atoms with E-state index in [1.807, 2.05) is 0 Å². The minimum Gasteiger partial charge on any atom is -0.370 e. The first kappa shape index (κ1) is 14.9. The van der Waals surface area contributed by atoms with Gasteiger partial charge in [-0.05, 0) is 32.0 Å². The number of hydrogen-bond donors (Lipinski definition) is 2. The lowest BCUT2D eigenvalue weighted by Gasteiger charge is -2.30.